The monoisotopic (exact) mass is 251 g/mol. The second kappa shape index (κ2) is 5.89. The molecule has 0 aromatic heterocycles. The van der Waals surface area contributed by atoms with Gasteiger partial charge in [-0.3, -0.25) is 0 Å². The van der Waals surface area contributed by atoms with Crippen molar-refractivity contribution in [2.24, 2.45) is 0 Å². The maximum absolute atomic E-state index is 12.1. The van der Waals surface area contributed by atoms with E-state index in [2.05, 4.69) is 10.1 Å². The van der Waals surface area contributed by atoms with Gasteiger partial charge in [0.1, 0.15) is 0 Å². The lowest BCUT2D eigenvalue weighted by atomic mass is 10.3. The van der Waals surface area contributed by atoms with E-state index < -0.39 is 6.36 Å². The maximum Gasteiger partial charge on any atom is 0.573 e. The minimum absolute atomic E-state index is 0.198. The fraction of sp³-hybridized carbons (Fsp3) is 0.400. The number of rotatable bonds is 5. The summed E-state index contributed by atoms with van der Waals surface area (Å²) >= 11 is 1.61. The van der Waals surface area contributed by atoms with Crippen molar-refractivity contribution in [3.05, 3.63) is 24.3 Å². The zero-order chi connectivity index (χ0) is 12.0. The first-order chi connectivity index (χ1) is 7.53. The van der Waals surface area contributed by atoms with E-state index in [1.54, 1.807) is 23.9 Å². The molecule has 0 radical (unpaired) electrons. The van der Waals surface area contributed by atoms with Crippen LogP contribution in [-0.4, -0.2) is 24.9 Å². The van der Waals surface area contributed by atoms with Crippen LogP contribution in [0.3, 0.4) is 0 Å². The Morgan fingerprint density at radius 1 is 1.31 bits per heavy atom. The molecule has 6 heteroatoms. The number of ether oxygens (including phenoxy) is 1. The smallest absolute Gasteiger partial charge is 0.404 e. The molecule has 1 N–H and O–H groups in total. The lowest BCUT2D eigenvalue weighted by Crippen LogP contribution is -2.18. The molecule has 0 saturated heterocycles. The molecule has 0 unspecified atom stereocenters. The highest BCUT2D eigenvalue weighted by molar-refractivity contribution is 7.98. The molecule has 16 heavy (non-hydrogen) atoms. The molecule has 0 heterocycles. The number of benzene rings is 1. The Morgan fingerprint density at radius 3 is 2.62 bits per heavy atom. The molecule has 0 amide bonds. The second-order valence-electron chi connectivity index (χ2n) is 2.96. The Kier molecular flexibility index (Phi) is 4.79. The van der Waals surface area contributed by atoms with Crippen molar-refractivity contribution < 1.29 is 17.9 Å². The van der Waals surface area contributed by atoms with E-state index in [0.717, 1.165) is 5.75 Å². The summed E-state index contributed by atoms with van der Waals surface area (Å²) < 4.78 is 40.1. The normalized spacial score (nSPS) is 11.2. The molecule has 1 aromatic rings. The van der Waals surface area contributed by atoms with Crippen molar-refractivity contribution >= 4 is 17.4 Å². The standard InChI is InChI=1S/C10H12F3NOS/c1-16-7-6-14-8-4-2-3-5-9(8)15-10(11,12)13/h2-5,14H,6-7H2,1H3. The highest BCUT2D eigenvalue weighted by Crippen LogP contribution is 2.29. The average molecular weight is 251 g/mol. The summed E-state index contributed by atoms with van der Waals surface area (Å²) in [6.45, 7) is 0.597. The second-order valence-corrected chi connectivity index (χ2v) is 3.95. The molecular formula is C10H12F3NOS. The number of hydrogen-bond acceptors (Lipinski definition) is 3. The Bertz CT molecular complexity index is 330. The van der Waals surface area contributed by atoms with Gasteiger partial charge < -0.3 is 10.1 Å². The van der Waals surface area contributed by atoms with Gasteiger partial charge in [0.2, 0.25) is 0 Å². The number of nitrogens with one attached hydrogen (secondary N) is 1. The van der Waals surface area contributed by atoms with Gasteiger partial charge in [0.15, 0.2) is 5.75 Å². The van der Waals surface area contributed by atoms with Crippen LogP contribution in [0.4, 0.5) is 18.9 Å². The van der Waals surface area contributed by atoms with E-state index in [1.165, 1.54) is 12.1 Å². The minimum Gasteiger partial charge on any atom is -0.404 e. The maximum atomic E-state index is 12.1. The number of alkyl halides is 3. The summed E-state index contributed by atoms with van der Waals surface area (Å²) in [6, 6.07) is 6.00. The Hall–Kier alpha value is -1.04. The number of para-hydroxylation sites is 2. The summed E-state index contributed by atoms with van der Waals surface area (Å²) in [6.07, 6.45) is -2.73. The van der Waals surface area contributed by atoms with E-state index in [0.29, 0.717) is 12.2 Å². The van der Waals surface area contributed by atoms with E-state index in [4.69, 9.17) is 0 Å². The lowest BCUT2D eigenvalue weighted by Gasteiger charge is -2.14. The van der Waals surface area contributed by atoms with Crippen molar-refractivity contribution in [2.75, 3.05) is 23.9 Å². The fourth-order valence-corrected chi connectivity index (χ4v) is 1.42. The van der Waals surface area contributed by atoms with Crippen LogP contribution in [0, 0.1) is 0 Å². The first-order valence-corrected chi connectivity index (χ1v) is 6.00. The number of hydrogen-bond donors (Lipinski definition) is 1. The Morgan fingerprint density at radius 2 is 2.00 bits per heavy atom. The van der Waals surface area contributed by atoms with Gasteiger partial charge in [0, 0.05) is 12.3 Å². The predicted octanol–water partition coefficient (Wildman–Crippen LogP) is 3.36. The molecule has 90 valence electrons. The quantitative estimate of drug-likeness (QED) is 0.811. The van der Waals surface area contributed by atoms with Crippen LogP contribution in [0.5, 0.6) is 5.75 Å². The number of thioether (sulfide) groups is 1. The zero-order valence-electron chi connectivity index (χ0n) is 8.67. The van der Waals surface area contributed by atoms with Crippen LogP contribution >= 0.6 is 11.8 Å². The molecule has 2 nitrogen and oxygen atoms in total. The molecule has 0 atom stereocenters. The largest absolute Gasteiger partial charge is 0.573 e. The number of anilines is 1. The van der Waals surface area contributed by atoms with Gasteiger partial charge in [-0.1, -0.05) is 12.1 Å². The molecule has 0 aliphatic rings. The van der Waals surface area contributed by atoms with Crippen LogP contribution in [0.25, 0.3) is 0 Å². The average Bonchev–Trinajstić information content (AvgIpc) is 2.19. The summed E-state index contributed by atoms with van der Waals surface area (Å²) in [5, 5.41) is 2.89. The van der Waals surface area contributed by atoms with E-state index >= 15 is 0 Å². The first-order valence-electron chi connectivity index (χ1n) is 4.60. The van der Waals surface area contributed by atoms with Crippen molar-refractivity contribution in [1.29, 1.82) is 0 Å². The predicted molar refractivity (Wildman–Crippen MR) is 60.0 cm³/mol. The molecule has 0 aliphatic heterocycles. The molecule has 0 bridgehead atoms. The van der Waals surface area contributed by atoms with Gasteiger partial charge in [-0.15, -0.1) is 13.2 Å². The SMILES string of the molecule is CSCCNc1ccccc1OC(F)(F)F. The summed E-state index contributed by atoms with van der Waals surface area (Å²) in [5.74, 6) is 0.622. The fourth-order valence-electron chi connectivity index (χ4n) is 1.11. The molecule has 0 spiro atoms. The molecular weight excluding hydrogens is 239 g/mol. The highest BCUT2D eigenvalue weighted by atomic mass is 32.2. The van der Waals surface area contributed by atoms with Crippen molar-refractivity contribution in [3.63, 3.8) is 0 Å². The van der Waals surface area contributed by atoms with Gasteiger partial charge in [-0.2, -0.15) is 11.8 Å². The Balaban J connectivity index is 2.68. The Labute approximate surface area is 96.2 Å². The van der Waals surface area contributed by atoms with Crippen molar-refractivity contribution in [2.45, 2.75) is 6.36 Å². The first kappa shape index (κ1) is 13.0. The lowest BCUT2D eigenvalue weighted by molar-refractivity contribution is -0.274. The van der Waals surface area contributed by atoms with Gasteiger partial charge in [-0.25, -0.2) is 0 Å². The summed E-state index contributed by atoms with van der Waals surface area (Å²) in [5.41, 5.74) is 0.355. The summed E-state index contributed by atoms with van der Waals surface area (Å²) in [4.78, 5) is 0. The topological polar surface area (TPSA) is 21.3 Å². The van der Waals surface area contributed by atoms with E-state index in [1.807, 2.05) is 6.26 Å². The molecule has 0 saturated carbocycles. The van der Waals surface area contributed by atoms with Crippen LogP contribution in [0.1, 0.15) is 0 Å². The van der Waals surface area contributed by atoms with Crippen molar-refractivity contribution in [3.8, 4) is 5.75 Å². The van der Waals surface area contributed by atoms with Gasteiger partial charge in [0.25, 0.3) is 0 Å². The minimum atomic E-state index is -4.66. The highest BCUT2D eigenvalue weighted by Gasteiger charge is 2.31. The molecule has 1 rings (SSSR count). The van der Waals surface area contributed by atoms with Crippen molar-refractivity contribution in [1.82, 2.24) is 0 Å². The van der Waals surface area contributed by atoms with E-state index in [9.17, 15) is 13.2 Å². The molecule has 0 aliphatic carbocycles. The van der Waals surface area contributed by atoms with E-state index in [-0.39, 0.29) is 5.75 Å². The van der Waals surface area contributed by atoms with Gasteiger partial charge >= 0.3 is 6.36 Å². The summed E-state index contributed by atoms with van der Waals surface area (Å²) in [7, 11) is 0. The van der Waals surface area contributed by atoms with Crippen LogP contribution in [0.15, 0.2) is 24.3 Å². The third kappa shape index (κ3) is 4.65. The molecule has 0 fully saturated rings. The van der Waals surface area contributed by atoms with Crippen LogP contribution < -0.4 is 10.1 Å². The third-order valence-electron chi connectivity index (χ3n) is 1.73. The van der Waals surface area contributed by atoms with Gasteiger partial charge in [0.05, 0.1) is 5.69 Å². The molecule has 1 aromatic carbocycles. The third-order valence-corrected chi connectivity index (χ3v) is 2.35. The zero-order valence-corrected chi connectivity index (χ0v) is 9.49. The van der Waals surface area contributed by atoms with Crippen LogP contribution in [0.2, 0.25) is 0 Å². The van der Waals surface area contributed by atoms with Gasteiger partial charge in [-0.05, 0) is 18.4 Å². The number of halogens is 3. The van der Waals surface area contributed by atoms with Crippen LogP contribution in [-0.2, 0) is 0 Å².